The number of ether oxygens (including phenoxy) is 1. The molecular formula is C15H15Br2NO2. The van der Waals surface area contributed by atoms with Gasteiger partial charge in [-0.3, -0.25) is 0 Å². The summed E-state index contributed by atoms with van der Waals surface area (Å²) in [6.45, 7) is 0.741. The summed E-state index contributed by atoms with van der Waals surface area (Å²) < 4.78 is 7.11. The van der Waals surface area contributed by atoms with Crippen molar-refractivity contribution in [2.75, 3.05) is 12.4 Å². The van der Waals surface area contributed by atoms with Crippen LogP contribution in [0.15, 0.2) is 45.3 Å². The van der Waals surface area contributed by atoms with Gasteiger partial charge in [0.2, 0.25) is 0 Å². The Morgan fingerprint density at radius 2 is 1.80 bits per heavy atom. The van der Waals surface area contributed by atoms with Crippen molar-refractivity contribution in [3.8, 4) is 5.75 Å². The van der Waals surface area contributed by atoms with E-state index in [9.17, 15) is 0 Å². The molecule has 106 valence electrons. The highest BCUT2D eigenvalue weighted by Gasteiger charge is 2.07. The van der Waals surface area contributed by atoms with Crippen LogP contribution in [0.1, 0.15) is 11.1 Å². The van der Waals surface area contributed by atoms with Crippen LogP contribution in [0.5, 0.6) is 5.75 Å². The zero-order chi connectivity index (χ0) is 14.5. The number of hydrogen-bond acceptors (Lipinski definition) is 3. The van der Waals surface area contributed by atoms with Gasteiger partial charge in [0.15, 0.2) is 0 Å². The minimum atomic E-state index is 0.0507. The Labute approximate surface area is 135 Å². The van der Waals surface area contributed by atoms with Crippen molar-refractivity contribution in [1.29, 1.82) is 0 Å². The number of rotatable bonds is 5. The molecule has 2 rings (SSSR count). The summed E-state index contributed by atoms with van der Waals surface area (Å²) in [5.41, 5.74) is 3.01. The van der Waals surface area contributed by atoms with E-state index in [-0.39, 0.29) is 6.61 Å². The third kappa shape index (κ3) is 3.75. The van der Waals surface area contributed by atoms with Gasteiger partial charge in [-0.1, -0.05) is 12.1 Å². The van der Waals surface area contributed by atoms with Crippen LogP contribution in [-0.4, -0.2) is 12.2 Å². The number of anilines is 1. The van der Waals surface area contributed by atoms with Crippen molar-refractivity contribution in [3.05, 3.63) is 56.5 Å². The number of hydrogen-bond donors (Lipinski definition) is 2. The number of aliphatic hydroxyl groups excluding tert-OH is 1. The summed E-state index contributed by atoms with van der Waals surface area (Å²) in [5.74, 6) is 0.788. The monoisotopic (exact) mass is 399 g/mol. The van der Waals surface area contributed by atoms with E-state index in [4.69, 9.17) is 9.84 Å². The van der Waals surface area contributed by atoms with Gasteiger partial charge in [-0.25, -0.2) is 0 Å². The van der Waals surface area contributed by atoms with E-state index in [1.54, 1.807) is 7.11 Å². The van der Waals surface area contributed by atoms with Gasteiger partial charge in [0.25, 0.3) is 0 Å². The van der Waals surface area contributed by atoms with E-state index >= 15 is 0 Å². The molecule has 0 unspecified atom stereocenters. The zero-order valence-electron chi connectivity index (χ0n) is 11.0. The Bertz CT molecular complexity index is 579. The Hall–Kier alpha value is -1.04. The number of aliphatic hydroxyl groups is 1. The molecule has 0 atom stereocenters. The molecule has 2 aromatic carbocycles. The second-order valence-electron chi connectivity index (χ2n) is 4.30. The van der Waals surface area contributed by atoms with Crippen molar-refractivity contribution < 1.29 is 9.84 Å². The molecule has 2 aromatic rings. The lowest BCUT2D eigenvalue weighted by Gasteiger charge is -2.11. The van der Waals surface area contributed by atoms with E-state index in [1.165, 1.54) is 0 Å². The smallest absolute Gasteiger partial charge is 0.147 e. The summed E-state index contributed by atoms with van der Waals surface area (Å²) in [5, 5.41) is 12.5. The molecule has 20 heavy (non-hydrogen) atoms. The molecule has 0 aromatic heterocycles. The molecule has 0 aliphatic heterocycles. The van der Waals surface area contributed by atoms with E-state index in [2.05, 4.69) is 37.2 Å². The van der Waals surface area contributed by atoms with E-state index in [0.717, 1.165) is 31.5 Å². The van der Waals surface area contributed by atoms with Crippen LogP contribution in [0.2, 0.25) is 0 Å². The summed E-state index contributed by atoms with van der Waals surface area (Å²) in [6, 6.07) is 11.8. The van der Waals surface area contributed by atoms with Gasteiger partial charge < -0.3 is 15.2 Å². The lowest BCUT2D eigenvalue weighted by molar-refractivity contribution is 0.282. The van der Waals surface area contributed by atoms with E-state index < -0.39 is 0 Å². The van der Waals surface area contributed by atoms with Gasteiger partial charge in [0.1, 0.15) is 5.75 Å². The van der Waals surface area contributed by atoms with Crippen LogP contribution in [0.3, 0.4) is 0 Å². The Balaban J connectivity index is 2.10. The van der Waals surface area contributed by atoms with Gasteiger partial charge in [-0.2, -0.15) is 0 Å². The SMILES string of the molecule is COc1c(Br)cc(CNc2cccc(CO)c2)cc1Br. The lowest BCUT2D eigenvalue weighted by Crippen LogP contribution is -2.00. The number of nitrogens with one attached hydrogen (secondary N) is 1. The van der Waals surface area contributed by atoms with Crippen LogP contribution in [0.25, 0.3) is 0 Å². The zero-order valence-corrected chi connectivity index (χ0v) is 14.2. The van der Waals surface area contributed by atoms with Gasteiger partial charge in [-0.05, 0) is 67.3 Å². The van der Waals surface area contributed by atoms with Gasteiger partial charge in [0.05, 0.1) is 22.7 Å². The van der Waals surface area contributed by atoms with Crippen LogP contribution < -0.4 is 10.1 Å². The maximum atomic E-state index is 9.12. The van der Waals surface area contributed by atoms with Gasteiger partial charge >= 0.3 is 0 Å². The predicted octanol–water partition coefficient (Wildman–Crippen LogP) is 4.32. The van der Waals surface area contributed by atoms with Crippen molar-refractivity contribution in [2.45, 2.75) is 13.2 Å². The number of benzene rings is 2. The fourth-order valence-corrected chi connectivity index (χ4v) is 3.50. The molecule has 5 heteroatoms. The molecule has 0 aliphatic rings. The normalized spacial score (nSPS) is 10.4. The molecule has 0 fully saturated rings. The largest absolute Gasteiger partial charge is 0.494 e. The molecular weight excluding hydrogens is 386 g/mol. The minimum Gasteiger partial charge on any atom is -0.494 e. The second-order valence-corrected chi connectivity index (χ2v) is 6.01. The predicted molar refractivity (Wildman–Crippen MR) is 88.1 cm³/mol. The number of halogens is 2. The van der Waals surface area contributed by atoms with E-state index in [0.29, 0.717) is 6.54 Å². The second kappa shape index (κ2) is 7.11. The molecule has 2 N–H and O–H groups in total. The summed E-state index contributed by atoms with van der Waals surface area (Å²) in [6.07, 6.45) is 0. The molecule has 0 heterocycles. The third-order valence-corrected chi connectivity index (χ3v) is 4.05. The highest BCUT2D eigenvalue weighted by molar-refractivity contribution is 9.11. The maximum Gasteiger partial charge on any atom is 0.147 e. The van der Waals surface area contributed by atoms with Gasteiger partial charge in [0, 0.05) is 12.2 Å². The molecule has 3 nitrogen and oxygen atoms in total. The average molecular weight is 401 g/mol. The standard InChI is InChI=1S/C15H15Br2NO2/c1-20-15-13(16)6-11(7-14(15)17)8-18-12-4-2-3-10(5-12)9-19/h2-7,18-19H,8-9H2,1H3. The van der Waals surface area contributed by atoms with Crippen LogP contribution in [0.4, 0.5) is 5.69 Å². The first-order valence-electron chi connectivity index (χ1n) is 6.09. The molecule has 0 bridgehead atoms. The first kappa shape index (κ1) is 15.4. The fraction of sp³-hybridized carbons (Fsp3) is 0.200. The van der Waals surface area contributed by atoms with Crippen molar-refractivity contribution in [3.63, 3.8) is 0 Å². The van der Waals surface area contributed by atoms with E-state index in [1.807, 2.05) is 36.4 Å². The third-order valence-electron chi connectivity index (χ3n) is 2.87. The van der Waals surface area contributed by atoms with Crippen LogP contribution in [0, 0.1) is 0 Å². The Kier molecular flexibility index (Phi) is 5.46. The molecule has 0 radical (unpaired) electrons. The summed E-state index contributed by atoms with van der Waals surface area (Å²) >= 11 is 6.98. The first-order chi connectivity index (χ1) is 9.63. The maximum absolute atomic E-state index is 9.12. The quantitative estimate of drug-likeness (QED) is 0.784. The highest BCUT2D eigenvalue weighted by atomic mass is 79.9. The molecule has 0 amide bonds. The molecule has 0 spiro atoms. The van der Waals surface area contributed by atoms with Crippen LogP contribution in [-0.2, 0) is 13.2 Å². The topological polar surface area (TPSA) is 41.5 Å². The first-order valence-corrected chi connectivity index (χ1v) is 7.68. The van der Waals surface area contributed by atoms with Crippen molar-refractivity contribution in [2.24, 2.45) is 0 Å². The Morgan fingerprint density at radius 3 is 2.40 bits per heavy atom. The molecule has 0 saturated carbocycles. The summed E-state index contributed by atoms with van der Waals surface area (Å²) in [4.78, 5) is 0. The Morgan fingerprint density at radius 1 is 1.10 bits per heavy atom. The van der Waals surface area contributed by atoms with Crippen molar-refractivity contribution in [1.82, 2.24) is 0 Å². The summed E-state index contributed by atoms with van der Waals surface area (Å²) in [7, 11) is 1.64. The lowest BCUT2D eigenvalue weighted by atomic mass is 10.2. The molecule has 0 aliphatic carbocycles. The van der Waals surface area contributed by atoms with Gasteiger partial charge in [-0.15, -0.1) is 0 Å². The number of methoxy groups -OCH3 is 1. The molecule has 0 saturated heterocycles. The minimum absolute atomic E-state index is 0.0507. The average Bonchev–Trinajstić information content (AvgIpc) is 2.45. The highest BCUT2D eigenvalue weighted by Crippen LogP contribution is 2.34. The van der Waals surface area contributed by atoms with Crippen LogP contribution >= 0.6 is 31.9 Å². The van der Waals surface area contributed by atoms with Crippen molar-refractivity contribution >= 4 is 37.5 Å². The fourth-order valence-electron chi connectivity index (χ4n) is 1.89.